The summed E-state index contributed by atoms with van der Waals surface area (Å²) in [5.41, 5.74) is 4.72. The molecule has 42 heavy (non-hydrogen) atoms. The van der Waals surface area contributed by atoms with E-state index in [1.807, 2.05) is 65.3 Å². The molecule has 7 heteroatoms. The summed E-state index contributed by atoms with van der Waals surface area (Å²) in [6.45, 7) is 3.23. The average Bonchev–Trinajstić information content (AvgIpc) is 3.39. The standard InChI is InChI=1S/C35H30F2N2O3/c1-2-3-20-42-30-16-13-27(14-17-30)26-9-4-24(5-10-26)8-19-34-38-33(31-18-15-29(36)21-32(31)37)23-39(34)22-25-6-11-28(12-7-25)35(40)41/h4-19,21,23H,2-3,20,22H2,1H3,(H,40,41). The summed E-state index contributed by atoms with van der Waals surface area (Å²) in [6.07, 6.45) is 7.60. The number of aromatic nitrogens is 2. The van der Waals surface area contributed by atoms with Crippen molar-refractivity contribution in [2.45, 2.75) is 26.3 Å². The highest BCUT2D eigenvalue weighted by atomic mass is 19.1. The Kier molecular flexibility index (Phi) is 8.87. The van der Waals surface area contributed by atoms with Crippen molar-refractivity contribution < 1.29 is 23.4 Å². The van der Waals surface area contributed by atoms with Gasteiger partial charge in [0.25, 0.3) is 0 Å². The van der Waals surface area contributed by atoms with Crippen LogP contribution in [0.1, 0.15) is 47.1 Å². The van der Waals surface area contributed by atoms with Crippen LogP contribution in [0.4, 0.5) is 8.78 Å². The predicted octanol–water partition coefficient (Wildman–Crippen LogP) is 8.59. The topological polar surface area (TPSA) is 64.4 Å². The second kappa shape index (κ2) is 13.1. The fraction of sp³-hybridized carbons (Fsp3) is 0.143. The molecule has 212 valence electrons. The number of carboxylic acid groups (broad SMARTS) is 1. The minimum absolute atomic E-state index is 0.192. The number of benzene rings is 4. The monoisotopic (exact) mass is 564 g/mol. The molecule has 5 aromatic rings. The van der Waals surface area contributed by atoms with Gasteiger partial charge in [0.2, 0.25) is 0 Å². The molecule has 1 N–H and O–H groups in total. The number of imidazole rings is 1. The van der Waals surface area contributed by atoms with Gasteiger partial charge in [-0.2, -0.15) is 0 Å². The van der Waals surface area contributed by atoms with E-state index in [9.17, 15) is 18.7 Å². The molecule has 0 radical (unpaired) electrons. The van der Waals surface area contributed by atoms with Gasteiger partial charge in [-0.05, 0) is 71.1 Å². The zero-order valence-corrected chi connectivity index (χ0v) is 23.1. The molecule has 0 atom stereocenters. The van der Waals surface area contributed by atoms with Crippen LogP contribution in [-0.2, 0) is 6.54 Å². The highest BCUT2D eigenvalue weighted by molar-refractivity contribution is 5.87. The maximum absolute atomic E-state index is 14.6. The van der Waals surface area contributed by atoms with E-state index >= 15 is 0 Å². The normalized spacial score (nSPS) is 11.2. The molecular formula is C35H30F2N2O3. The highest BCUT2D eigenvalue weighted by Gasteiger charge is 2.13. The van der Waals surface area contributed by atoms with Crippen LogP contribution in [0.5, 0.6) is 5.75 Å². The number of carbonyl (C=O) groups is 1. The SMILES string of the molecule is CCCCOc1ccc(-c2ccc(C=Cc3nc(-c4ccc(F)cc4F)cn3Cc3ccc(C(=O)O)cc3)cc2)cc1. The molecule has 0 spiro atoms. The van der Waals surface area contributed by atoms with Gasteiger partial charge in [-0.3, -0.25) is 0 Å². The fourth-order valence-electron chi connectivity index (χ4n) is 4.50. The molecule has 1 heterocycles. The third kappa shape index (κ3) is 6.99. The Balaban J connectivity index is 1.38. The van der Waals surface area contributed by atoms with Crippen molar-refractivity contribution in [2.24, 2.45) is 0 Å². The van der Waals surface area contributed by atoms with E-state index in [1.54, 1.807) is 30.5 Å². The number of halogens is 2. The van der Waals surface area contributed by atoms with Crippen LogP contribution in [0.2, 0.25) is 0 Å². The predicted molar refractivity (Wildman–Crippen MR) is 161 cm³/mol. The quantitative estimate of drug-likeness (QED) is 0.163. The lowest BCUT2D eigenvalue weighted by atomic mass is 10.0. The highest BCUT2D eigenvalue weighted by Crippen LogP contribution is 2.26. The van der Waals surface area contributed by atoms with Crippen LogP contribution in [0.15, 0.2) is 97.2 Å². The molecule has 0 unspecified atom stereocenters. The maximum atomic E-state index is 14.6. The van der Waals surface area contributed by atoms with E-state index in [2.05, 4.69) is 11.9 Å². The summed E-state index contributed by atoms with van der Waals surface area (Å²) in [7, 11) is 0. The number of carboxylic acids is 1. The summed E-state index contributed by atoms with van der Waals surface area (Å²) < 4.78 is 35.7. The van der Waals surface area contributed by atoms with Crippen LogP contribution in [-0.4, -0.2) is 27.2 Å². The van der Waals surface area contributed by atoms with Crippen molar-refractivity contribution in [1.82, 2.24) is 9.55 Å². The first-order valence-electron chi connectivity index (χ1n) is 13.8. The van der Waals surface area contributed by atoms with Gasteiger partial charge in [0.1, 0.15) is 23.2 Å². The first kappa shape index (κ1) is 28.5. The van der Waals surface area contributed by atoms with E-state index < -0.39 is 17.6 Å². The van der Waals surface area contributed by atoms with Gasteiger partial charge in [0, 0.05) is 24.4 Å². The second-order valence-corrected chi connectivity index (χ2v) is 9.92. The number of aromatic carboxylic acids is 1. The number of ether oxygens (including phenoxy) is 1. The van der Waals surface area contributed by atoms with E-state index in [0.717, 1.165) is 46.9 Å². The molecule has 0 bridgehead atoms. The minimum Gasteiger partial charge on any atom is -0.494 e. The number of hydrogen-bond acceptors (Lipinski definition) is 3. The lowest BCUT2D eigenvalue weighted by molar-refractivity contribution is 0.0697. The Bertz CT molecular complexity index is 1690. The van der Waals surface area contributed by atoms with Crippen LogP contribution in [0.25, 0.3) is 34.5 Å². The van der Waals surface area contributed by atoms with E-state index in [4.69, 9.17) is 4.74 Å². The average molecular weight is 565 g/mol. The molecule has 0 aliphatic rings. The van der Waals surface area contributed by atoms with Crippen LogP contribution < -0.4 is 4.74 Å². The van der Waals surface area contributed by atoms with Gasteiger partial charge in [-0.15, -0.1) is 0 Å². The van der Waals surface area contributed by atoms with Gasteiger partial charge in [0.15, 0.2) is 0 Å². The molecule has 0 saturated heterocycles. The Morgan fingerprint density at radius 1 is 0.905 bits per heavy atom. The number of unbranched alkanes of at least 4 members (excludes halogenated alkanes) is 1. The number of nitrogens with zero attached hydrogens (tertiary/aromatic N) is 2. The zero-order valence-electron chi connectivity index (χ0n) is 23.1. The molecule has 0 amide bonds. The van der Waals surface area contributed by atoms with Crippen LogP contribution >= 0.6 is 0 Å². The Labute approximate surface area is 243 Å². The lowest BCUT2D eigenvalue weighted by Gasteiger charge is -2.07. The summed E-state index contributed by atoms with van der Waals surface area (Å²) in [6, 6.07) is 26.1. The van der Waals surface area contributed by atoms with Crippen LogP contribution in [0, 0.1) is 11.6 Å². The maximum Gasteiger partial charge on any atom is 0.335 e. The molecule has 5 rings (SSSR count). The molecule has 0 saturated carbocycles. The second-order valence-electron chi connectivity index (χ2n) is 9.92. The fourth-order valence-corrected chi connectivity index (χ4v) is 4.50. The van der Waals surface area contributed by atoms with Gasteiger partial charge in [0.05, 0.1) is 17.9 Å². The van der Waals surface area contributed by atoms with Crippen molar-refractivity contribution >= 4 is 18.1 Å². The van der Waals surface area contributed by atoms with Crippen molar-refractivity contribution in [1.29, 1.82) is 0 Å². The summed E-state index contributed by atoms with van der Waals surface area (Å²) >= 11 is 0. The minimum atomic E-state index is -0.999. The number of rotatable bonds is 11. The molecular weight excluding hydrogens is 534 g/mol. The van der Waals surface area contributed by atoms with Gasteiger partial charge < -0.3 is 14.4 Å². The van der Waals surface area contributed by atoms with E-state index in [-0.39, 0.29) is 11.1 Å². The molecule has 1 aromatic heterocycles. The van der Waals surface area contributed by atoms with Crippen molar-refractivity contribution in [3.8, 4) is 28.1 Å². The van der Waals surface area contributed by atoms with Gasteiger partial charge in [-0.25, -0.2) is 18.6 Å². The Morgan fingerprint density at radius 2 is 1.60 bits per heavy atom. The third-order valence-electron chi connectivity index (χ3n) is 6.86. The lowest BCUT2D eigenvalue weighted by Crippen LogP contribution is -2.02. The molecule has 4 aromatic carbocycles. The summed E-state index contributed by atoms with van der Waals surface area (Å²) in [5.74, 6) is -0.925. The van der Waals surface area contributed by atoms with Crippen molar-refractivity contribution in [2.75, 3.05) is 6.61 Å². The molecule has 5 nitrogen and oxygen atoms in total. The van der Waals surface area contributed by atoms with Crippen LogP contribution in [0.3, 0.4) is 0 Å². The van der Waals surface area contributed by atoms with E-state index in [0.29, 0.717) is 24.7 Å². The molecule has 0 fully saturated rings. The van der Waals surface area contributed by atoms with E-state index in [1.165, 1.54) is 12.1 Å². The summed E-state index contributed by atoms with van der Waals surface area (Å²) in [4.78, 5) is 15.9. The third-order valence-corrected chi connectivity index (χ3v) is 6.86. The van der Waals surface area contributed by atoms with Crippen molar-refractivity contribution in [3.05, 3.63) is 131 Å². The largest absolute Gasteiger partial charge is 0.494 e. The summed E-state index contributed by atoms with van der Waals surface area (Å²) in [5, 5.41) is 9.20. The zero-order chi connectivity index (χ0) is 29.5. The van der Waals surface area contributed by atoms with Gasteiger partial charge in [-0.1, -0.05) is 68.0 Å². The molecule has 0 aliphatic heterocycles. The smallest absolute Gasteiger partial charge is 0.335 e. The van der Waals surface area contributed by atoms with Gasteiger partial charge >= 0.3 is 5.97 Å². The first-order chi connectivity index (χ1) is 20.4. The molecule has 0 aliphatic carbocycles. The Morgan fingerprint density at radius 3 is 2.24 bits per heavy atom. The van der Waals surface area contributed by atoms with Crippen molar-refractivity contribution in [3.63, 3.8) is 0 Å². The first-order valence-corrected chi connectivity index (χ1v) is 13.8. The number of hydrogen-bond donors (Lipinski definition) is 1. The Hall–Kier alpha value is -5.04.